The second-order valence-electron chi connectivity index (χ2n) is 18.6. The summed E-state index contributed by atoms with van der Waals surface area (Å²) in [4.78, 5) is 26.2. The van der Waals surface area contributed by atoms with E-state index in [0.717, 1.165) is 77.0 Å². The molecule has 1 amide bonds. The molecule has 0 aromatic heterocycles. The van der Waals surface area contributed by atoms with Crippen molar-refractivity contribution < 1.29 is 24.5 Å². The molecule has 0 saturated heterocycles. The number of esters is 1. The summed E-state index contributed by atoms with van der Waals surface area (Å²) in [5.74, 6) is -0.705. The number of aliphatic hydroxyl groups is 2. The molecule has 3 N–H and O–H groups in total. The van der Waals surface area contributed by atoms with Gasteiger partial charge in [0, 0.05) is 6.42 Å². The van der Waals surface area contributed by atoms with Gasteiger partial charge in [-0.15, -0.1) is 0 Å². The number of aliphatic hydroxyl groups excluding tert-OH is 2. The van der Waals surface area contributed by atoms with Crippen LogP contribution in [0.25, 0.3) is 0 Å². The van der Waals surface area contributed by atoms with Crippen LogP contribution in [0, 0.1) is 0 Å². The zero-order chi connectivity index (χ0) is 50.2. The Kier molecular flexibility index (Phi) is 52.2. The van der Waals surface area contributed by atoms with Crippen molar-refractivity contribution in [2.45, 2.75) is 257 Å². The monoisotopic (exact) mass is 956 g/mol. The number of nitrogens with one attached hydrogen (secondary N) is 1. The molecule has 0 radical (unpaired) electrons. The van der Waals surface area contributed by atoms with Crippen LogP contribution in [-0.2, 0) is 14.3 Å². The van der Waals surface area contributed by atoms with E-state index in [1.165, 1.54) is 109 Å². The summed E-state index contributed by atoms with van der Waals surface area (Å²) in [7, 11) is 0. The first kappa shape index (κ1) is 65.3. The minimum absolute atomic E-state index is 0.0760. The molecular formula is C63H105NO5. The average molecular weight is 957 g/mol. The summed E-state index contributed by atoms with van der Waals surface area (Å²) < 4.78 is 5.81. The Morgan fingerprint density at radius 2 is 0.812 bits per heavy atom. The Morgan fingerprint density at radius 1 is 0.449 bits per heavy atom. The van der Waals surface area contributed by atoms with Gasteiger partial charge >= 0.3 is 5.97 Å². The number of allylic oxidation sites excluding steroid dienone is 19. The first-order valence-corrected chi connectivity index (χ1v) is 28.3. The van der Waals surface area contributed by atoms with Gasteiger partial charge in [-0.2, -0.15) is 0 Å². The molecule has 0 spiro atoms. The second kappa shape index (κ2) is 55.2. The van der Waals surface area contributed by atoms with Crippen molar-refractivity contribution in [3.05, 3.63) is 122 Å². The highest BCUT2D eigenvalue weighted by Crippen LogP contribution is 2.16. The minimum atomic E-state index is -0.838. The molecule has 0 bridgehead atoms. The van der Waals surface area contributed by atoms with E-state index in [1.54, 1.807) is 6.08 Å². The standard InChI is InChI=1S/C63H105NO5/c1-4-7-10-13-16-19-22-25-28-31-33-36-39-42-45-48-51-54-59(69-63(68)56-53-50-47-44-41-38-35-32-29-26-23-20-17-14-11-8-5-2)57-62(67)64-60(58-65)61(66)55-52-49-46-43-40-37-34-30-27-24-21-18-15-12-9-6-3/h7,10,16-17,19-20,25-26,28-29,33,35-36,38,42,44-45,47,51,54,59-61,65-66H,4-6,8-9,11-15,18,21-24,27,30-32,34,37,39-41,43,46,48-50,52-53,55-58H2,1-3H3,(H,64,67)/b10-7-,19-16-,20-17-,28-25-,29-26-,36-33-,38-35-,45-42-,47-44-,54-51-. The van der Waals surface area contributed by atoms with Crippen LogP contribution in [-0.4, -0.2) is 46.9 Å². The lowest BCUT2D eigenvalue weighted by Crippen LogP contribution is -2.46. The first-order valence-electron chi connectivity index (χ1n) is 28.3. The van der Waals surface area contributed by atoms with Crippen LogP contribution in [0.3, 0.4) is 0 Å². The van der Waals surface area contributed by atoms with E-state index in [-0.39, 0.29) is 31.3 Å². The maximum absolute atomic E-state index is 13.2. The first-order chi connectivity index (χ1) is 34.0. The van der Waals surface area contributed by atoms with E-state index >= 15 is 0 Å². The summed E-state index contributed by atoms with van der Waals surface area (Å²) in [6.45, 7) is 6.30. The number of ether oxygens (including phenoxy) is 1. The number of unbranched alkanes of at least 4 members (excludes halogenated alkanes) is 19. The van der Waals surface area contributed by atoms with Gasteiger partial charge < -0.3 is 20.3 Å². The third-order valence-corrected chi connectivity index (χ3v) is 12.0. The fourth-order valence-corrected chi connectivity index (χ4v) is 7.77. The highest BCUT2D eigenvalue weighted by molar-refractivity contribution is 5.78. The molecule has 0 fully saturated rings. The van der Waals surface area contributed by atoms with E-state index in [2.05, 4.69) is 135 Å². The normalized spacial score (nSPS) is 14.1. The molecule has 0 saturated carbocycles. The van der Waals surface area contributed by atoms with Crippen LogP contribution in [0.2, 0.25) is 0 Å². The molecule has 0 aliphatic rings. The Balaban J connectivity index is 4.83. The Bertz CT molecular complexity index is 1440. The summed E-state index contributed by atoms with van der Waals surface area (Å²) in [5, 5.41) is 23.8. The summed E-state index contributed by atoms with van der Waals surface area (Å²) in [6.07, 6.45) is 77.2. The molecule has 6 heteroatoms. The van der Waals surface area contributed by atoms with E-state index in [1.807, 2.05) is 6.08 Å². The SMILES string of the molecule is CC/C=C\C/C=C\C/C=C\C/C=C\C/C=C\C/C=C\C(CC(=O)NC(CO)C(O)CCCCCCCCCCCCCCCCCC)OC(=O)CCC/C=C\C/C=C\C/C=C\C/C=C\CCCCC. The van der Waals surface area contributed by atoms with E-state index < -0.39 is 18.2 Å². The van der Waals surface area contributed by atoms with Gasteiger partial charge in [-0.1, -0.05) is 252 Å². The smallest absolute Gasteiger partial charge is 0.306 e. The highest BCUT2D eigenvalue weighted by atomic mass is 16.5. The molecule has 6 nitrogen and oxygen atoms in total. The maximum atomic E-state index is 13.2. The quantitative estimate of drug-likeness (QED) is 0.0321. The lowest BCUT2D eigenvalue weighted by atomic mass is 10.0. The molecule has 0 aromatic rings. The van der Waals surface area contributed by atoms with Gasteiger partial charge in [0.1, 0.15) is 6.10 Å². The van der Waals surface area contributed by atoms with Gasteiger partial charge in [0.05, 0.1) is 25.2 Å². The Hall–Kier alpha value is -3.74. The predicted molar refractivity (Wildman–Crippen MR) is 300 cm³/mol. The van der Waals surface area contributed by atoms with Crippen LogP contribution < -0.4 is 5.32 Å². The molecule has 0 aliphatic heterocycles. The third kappa shape index (κ3) is 50.5. The van der Waals surface area contributed by atoms with Gasteiger partial charge in [-0.3, -0.25) is 9.59 Å². The van der Waals surface area contributed by atoms with E-state index in [4.69, 9.17) is 4.74 Å². The number of carbonyl (C=O) groups is 2. The number of hydrogen-bond acceptors (Lipinski definition) is 5. The highest BCUT2D eigenvalue weighted by Gasteiger charge is 2.23. The van der Waals surface area contributed by atoms with Crippen molar-refractivity contribution in [2.75, 3.05) is 6.61 Å². The zero-order valence-corrected chi connectivity index (χ0v) is 44.6. The van der Waals surface area contributed by atoms with Crippen LogP contribution >= 0.6 is 0 Å². The Morgan fingerprint density at radius 3 is 1.23 bits per heavy atom. The molecule has 0 aliphatic carbocycles. The zero-order valence-electron chi connectivity index (χ0n) is 44.6. The number of carbonyl (C=O) groups excluding carboxylic acids is 2. The van der Waals surface area contributed by atoms with Crippen molar-refractivity contribution in [2.24, 2.45) is 0 Å². The summed E-state index contributed by atoms with van der Waals surface area (Å²) in [5.41, 5.74) is 0. The van der Waals surface area contributed by atoms with Crippen molar-refractivity contribution in [1.29, 1.82) is 0 Å². The van der Waals surface area contributed by atoms with Crippen LogP contribution in [0.1, 0.15) is 239 Å². The lowest BCUT2D eigenvalue weighted by Gasteiger charge is -2.23. The predicted octanol–water partition coefficient (Wildman–Crippen LogP) is 17.6. The number of hydrogen-bond donors (Lipinski definition) is 3. The van der Waals surface area contributed by atoms with Gasteiger partial charge in [0.2, 0.25) is 5.91 Å². The maximum Gasteiger partial charge on any atom is 0.306 e. The molecule has 3 unspecified atom stereocenters. The molecule has 3 atom stereocenters. The second-order valence-corrected chi connectivity index (χ2v) is 18.6. The van der Waals surface area contributed by atoms with Crippen LogP contribution in [0.15, 0.2) is 122 Å². The van der Waals surface area contributed by atoms with Gasteiger partial charge in [-0.25, -0.2) is 0 Å². The van der Waals surface area contributed by atoms with Crippen molar-refractivity contribution in [1.82, 2.24) is 5.32 Å². The van der Waals surface area contributed by atoms with E-state index in [0.29, 0.717) is 19.3 Å². The molecule has 0 aromatic carbocycles. The summed E-state index contributed by atoms with van der Waals surface area (Å²) >= 11 is 0. The van der Waals surface area contributed by atoms with E-state index in [9.17, 15) is 19.8 Å². The largest absolute Gasteiger partial charge is 0.458 e. The van der Waals surface area contributed by atoms with Gasteiger partial charge in [-0.05, 0) is 96.0 Å². The van der Waals surface area contributed by atoms with Crippen molar-refractivity contribution in [3.63, 3.8) is 0 Å². The molecule has 392 valence electrons. The van der Waals surface area contributed by atoms with Crippen molar-refractivity contribution in [3.8, 4) is 0 Å². The molecular weight excluding hydrogens is 851 g/mol. The topological polar surface area (TPSA) is 95.9 Å². The van der Waals surface area contributed by atoms with Crippen LogP contribution in [0.4, 0.5) is 0 Å². The fraction of sp³-hybridized carbons (Fsp3) is 0.651. The molecule has 69 heavy (non-hydrogen) atoms. The lowest BCUT2D eigenvalue weighted by molar-refractivity contribution is -0.148. The fourth-order valence-electron chi connectivity index (χ4n) is 7.77. The average Bonchev–Trinajstić information content (AvgIpc) is 3.34. The number of rotatable bonds is 49. The minimum Gasteiger partial charge on any atom is -0.458 e. The summed E-state index contributed by atoms with van der Waals surface area (Å²) in [6, 6.07) is -0.763. The van der Waals surface area contributed by atoms with Crippen LogP contribution in [0.5, 0.6) is 0 Å². The van der Waals surface area contributed by atoms with Gasteiger partial charge in [0.15, 0.2) is 0 Å². The third-order valence-electron chi connectivity index (χ3n) is 12.0. The number of amides is 1. The Labute approximate surface area is 425 Å². The van der Waals surface area contributed by atoms with Crippen molar-refractivity contribution >= 4 is 11.9 Å². The molecule has 0 rings (SSSR count). The van der Waals surface area contributed by atoms with Gasteiger partial charge in [0.25, 0.3) is 0 Å². The molecule has 0 heterocycles.